The molecule has 2 aromatic rings. The van der Waals surface area contributed by atoms with Gasteiger partial charge < -0.3 is 9.64 Å². The molecule has 0 aromatic heterocycles. The van der Waals surface area contributed by atoms with Crippen LogP contribution in [0.5, 0.6) is 5.75 Å². The lowest BCUT2D eigenvalue weighted by molar-refractivity contribution is -0.133. The zero-order chi connectivity index (χ0) is 18.9. The van der Waals surface area contributed by atoms with Crippen molar-refractivity contribution in [1.29, 1.82) is 0 Å². The first-order valence-electron chi connectivity index (χ1n) is 8.25. The highest BCUT2D eigenvalue weighted by molar-refractivity contribution is 5.95. The van der Waals surface area contributed by atoms with Gasteiger partial charge in [0.25, 0.3) is 5.91 Å². The third-order valence-corrected chi connectivity index (χ3v) is 3.78. The molecule has 5 heteroatoms. The minimum Gasteiger partial charge on any atom is -0.484 e. The predicted molar refractivity (Wildman–Crippen MR) is 97.2 cm³/mol. The maximum absolute atomic E-state index is 13.0. The maximum Gasteiger partial charge on any atom is 0.261 e. The summed E-state index contributed by atoms with van der Waals surface area (Å²) in [6.45, 7) is 2.02. The van der Waals surface area contributed by atoms with E-state index in [0.717, 1.165) is 5.56 Å². The van der Waals surface area contributed by atoms with E-state index in [2.05, 4.69) is 5.92 Å². The normalized spacial score (nSPS) is 10.0. The summed E-state index contributed by atoms with van der Waals surface area (Å²) in [5.41, 5.74) is 1.38. The van der Waals surface area contributed by atoms with E-state index in [1.165, 1.54) is 17.0 Å². The number of terminal acetylenes is 1. The van der Waals surface area contributed by atoms with Gasteiger partial charge >= 0.3 is 0 Å². The van der Waals surface area contributed by atoms with Crippen molar-refractivity contribution in [1.82, 2.24) is 4.90 Å². The summed E-state index contributed by atoms with van der Waals surface area (Å²) < 4.78 is 18.5. The van der Waals surface area contributed by atoms with Crippen LogP contribution in [0.1, 0.15) is 29.3 Å². The fourth-order valence-electron chi connectivity index (χ4n) is 2.33. The van der Waals surface area contributed by atoms with Crippen LogP contribution in [-0.4, -0.2) is 29.7 Å². The van der Waals surface area contributed by atoms with Crippen molar-refractivity contribution in [3.63, 3.8) is 0 Å². The predicted octanol–water partition coefficient (Wildman–Crippen LogP) is 3.46. The van der Waals surface area contributed by atoms with Crippen molar-refractivity contribution in [2.45, 2.75) is 19.9 Å². The second-order valence-corrected chi connectivity index (χ2v) is 5.67. The molecule has 0 atom stereocenters. The number of ketones is 1. The Labute approximate surface area is 152 Å². The second-order valence-electron chi connectivity index (χ2n) is 5.67. The van der Waals surface area contributed by atoms with Gasteiger partial charge in [0.1, 0.15) is 11.6 Å². The van der Waals surface area contributed by atoms with Crippen molar-refractivity contribution < 1.29 is 18.7 Å². The molecule has 2 aromatic carbocycles. The minimum absolute atomic E-state index is 0.0483. The van der Waals surface area contributed by atoms with E-state index >= 15 is 0 Å². The molecule has 0 spiro atoms. The molecule has 1 amide bonds. The van der Waals surface area contributed by atoms with Crippen molar-refractivity contribution in [3.8, 4) is 18.1 Å². The molecular formula is C21H20FNO3. The van der Waals surface area contributed by atoms with Crippen molar-refractivity contribution in [2.24, 2.45) is 0 Å². The lowest BCUT2D eigenvalue weighted by Gasteiger charge is -2.20. The molecule has 0 saturated heterocycles. The number of ether oxygens (including phenoxy) is 1. The Morgan fingerprint density at radius 3 is 2.35 bits per heavy atom. The zero-order valence-electron chi connectivity index (χ0n) is 14.6. The van der Waals surface area contributed by atoms with Crippen LogP contribution < -0.4 is 4.74 Å². The van der Waals surface area contributed by atoms with Crippen LogP contribution >= 0.6 is 0 Å². The number of halogens is 1. The van der Waals surface area contributed by atoms with Crippen LogP contribution in [0.2, 0.25) is 0 Å². The Balaban J connectivity index is 1.95. The summed E-state index contributed by atoms with van der Waals surface area (Å²) in [6.07, 6.45) is 5.77. The van der Waals surface area contributed by atoms with Gasteiger partial charge in [-0.2, -0.15) is 0 Å². The first-order valence-corrected chi connectivity index (χ1v) is 8.25. The Kier molecular flexibility index (Phi) is 6.92. The molecule has 0 fully saturated rings. The van der Waals surface area contributed by atoms with Gasteiger partial charge in [-0.3, -0.25) is 9.59 Å². The van der Waals surface area contributed by atoms with Crippen LogP contribution in [0.25, 0.3) is 0 Å². The zero-order valence-corrected chi connectivity index (χ0v) is 14.6. The monoisotopic (exact) mass is 353 g/mol. The summed E-state index contributed by atoms with van der Waals surface area (Å²) in [7, 11) is 0. The molecule has 2 rings (SSSR count). The molecule has 26 heavy (non-hydrogen) atoms. The van der Waals surface area contributed by atoms with E-state index in [4.69, 9.17) is 11.2 Å². The molecule has 0 saturated carbocycles. The molecule has 0 heterocycles. The Bertz CT molecular complexity index is 792. The molecule has 0 N–H and O–H groups in total. The smallest absolute Gasteiger partial charge is 0.261 e. The molecule has 0 unspecified atom stereocenters. The van der Waals surface area contributed by atoms with Gasteiger partial charge in [-0.15, -0.1) is 6.42 Å². The second kappa shape index (κ2) is 9.38. The Morgan fingerprint density at radius 1 is 1.12 bits per heavy atom. The Morgan fingerprint density at radius 2 is 1.77 bits per heavy atom. The Hall–Kier alpha value is -3.13. The number of nitrogens with zero attached hydrogens (tertiary/aromatic N) is 1. The van der Waals surface area contributed by atoms with Crippen LogP contribution in [0.15, 0.2) is 48.5 Å². The minimum atomic E-state index is -0.336. The molecule has 0 bridgehead atoms. The van der Waals surface area contributed by atoms with E-state index in [1.54, 1.807) is 43.3 Å². The number of amides is 1. The van der Waals surface area contributed by atoms with Gasteiger partial charge in [-0.25, -0.2) is 4.39 Å². The maximum atomic E-state index is 13.0. The van der Waals surface area contributed by atoms with E-state index in [0.29, 0.717) is 17.7 Å². The fourth-order valence-corrected chi connectivity index (χ4v) is 2.33. The topological polar surface area (TPSA) is 46.6 Å². The number of hydrogen-bond acceptors (Lipinski definition) is 3. The van der Waals surface area contributed by atoms with Crippen LogP contribution in [0, 0.1) is 18.2 Å². The van der Waals surface area contributed by atoms with E-state index < -0.39 is 0 Å². The SMILES string of the molecule is C#CCN(Cc1ccc(F)cc1)C(=O)COc1ccc(C(=O)CC)cc1. The van der Waals surface area contributed by atoms with Gasteiger partial charge in [0.15, 0.2) is 12.4 Å². The molecule has 0 aliphatic rings. The van der Waals surface area contributed by atoms with Crippen molar-refractivity contribution >= 4 is 11.7 Å². The largest absolute Gasteiger partial charge is 0.484 e. The average Bonchev–Trinajstić information content (AvgIpc) is 2.67. The molecule has 134 valence electrons. The van der Waals surface area contributed by atoms with Crippen molar-refractivity contribution in [2.75, 3.05) is 13.2 Å². The van der Waals surface area contributed by atoms with E-state index in [9.17, 15) is 14.0 Å². The van der Waals surface area contributed by atoms with Crippen molar-refractivity contribution in [3.05, 3.63) is 65.5 Å². The number of rotatable bonds is 8. The van der Waals surface area contributed by atoms with Crippen LogP contribution in [0.3, 0.4) is 0 Å². The number of Topliss-reactive ketones (excluding diaryl/α,β-unsaturated/α-hetero) is 1. The van der Waals surface area contributed by atoms with Gasteiger partial charge in [0.2, 0.25) is 0 Å². The van der Waals surface area contributed by atoms with Gasteiger partial charge in [0.05, 0.1) is 6.54 Å². The first kappa shape index (κ1) is 19.2. The quantitative estimate of drug-likeness (QED) is 0.539. The summed E-state index contributed by atoms with van der Waals surface area (Å²) in [5, 5.41) is 0. The highest BCUT2D eigenvalue weighted by atomic mass is 19.1. The summed E-state index contributed by atoms with van der Waals surface area (Å²) in [6, 6.07) is 12.5. The van der Waals surface area contributed by atoms with E-state index in [-0.39, 0.29) is 37.2 Å². The molecule has 0 aliphatic carbocycles. The van der Waals surface area contributed by atoms with Gasteiger partial charge in [-0.1, -0.05) is 25.0 Å². The summed E-state index contributed by atoms with van der Waals surface area (Å²) >= 11 is 0. The van der Waals surface area contributed by atoms with Crippen LogP contribution in [0.4, 0.5) is 4.39 Å². The third-order valence-electron chi connectivity index (χ3n) is 3.78. The highest BCUT2D eigenvalue weighted by Crippen LogP contribution is 2.14. The summed E-state index contributed by atoms with van der Waals surface area (Å²) in [5.74, 6) is 2.37. The molecule has 4 nitrogen and oxygen atoms in total. The lowest BCUT2D eigenvalue weighted by atomic mass is 10.1. The lowest BCUT2D eigenvalue weighted by Crippen LogP contribution is -2.34. The van der Waals surface area contributed by atoms with E-state index in [1.807, 2.05) is 0 Å². The first-order chi connectivity index (χ1) is 12.5. The third kappa shape index (κ3) is 5.45. The van der Waals surface area contributed by atoms with Gasteiger partial charge in [-0.05, 0) is 42.0 Å². The molecule has 0 aliphatic heterocycles. The number of benzene rings is 2. The highest BCUT2D eigenvalue weighted by Gasteiger charge is 2.14. The van der Waals surface area contributed by atoms with Crippen LogP contribution in [-0.2, 0) is 11.3 Å². The van der Waals surface area contributed by atoms with Gasteiger partial charge in [0, 0.05) is 18.5 Å². The molecule has 0 radical (unpaired) electrons. The number of carbonyl (C=O) groups is 2. The fraction of sp³-hybridized carbons (Fsp3) is 0.238. The number of hydrogen-bond donors (Lipinski definition) is 0. The molecular weight excluding hydrogens is 333 g/mol. The summed E-state index contributed by atoms with van der Waals surface area (Å²) in [4.78, 5) is 25.4. The number of carbonyl (C=O) groups excluding carboxylic acids is 2. The standard InChI is InChI=1S/C21H20FNO3/c1-3-13-23(14-16-5-9-18(22)10-6-16)21(25)15-26-19-11-7-17(8-12-19)20(24)4-2/h1,5-12H,4,13-15H2,2H3. The average molecular weight is 353 g/mol.